The Bertz CT molecular complexity index is 301. The largest absolute Gasteiger partial charge is 0.382 e. The highest BCUT2D eigenvalue weighted by molar-refractivity contribution is 7.98. The molecule has 0 aliphatic rings. The van der Waals surface area contributed by atoms with Gasteiger partial charge in [-0.15, -0.1) is 10.2 Å². The summed E-state index contributed by atoms with van der Waals surface area (Å²) in [5, 5.41) is 9.97. The maximum atomic E-state index is 11.4. The van der Waals surface area contributed by atoms with E-state index in [2.05, 4.69) is 15.5 Å². The molecule has 0 fully saturated rings. The minimum Gasteiger partial charge on any atom is -0.382 e. The first-order valence-corrected chi connectivity index (χ1v) is 5.50. The van der Waals surface area contributed by atoms with Crippen molar-refractivity contribution in [3.63, 3.8) is 0 Å². The number of amides is 1. The molecule has 0 bridgehead atoms. The Kier molecular flexibility index (Phi) is 4.18. The highest BCUT2D eigenvalue weighted by Gasteiger charge is 2.05. The first kappa shape index (κ1) is 10.8. The molecule has 0 radical (unpaired) electrons. The zero-order chi connectivity index (χ0) is 10.4. The third-order valence-corrected chi connectivity index (χ3v) is 2.12. The van der Waals surface area contributed by atoms with Crippen LogP contribution >= 0.6 is 11.8 Å². The van der Waals surface area contributed by atoms with Crippen LogP contribution < -0.4 is 11.1 Å². The molecule has 3 N–H and O–H groups in total. The summed E-state index contributed by atoms with van der Waals surface area (Å²) < 4.78 is 0. The number of hydrogen-bond acceptors (Lipinski definition) is 5. The Morgan fingerprint density at radius 1 is 1.57 bits per heavy atom. The van der Waals surface area contributed by atoms with Crippen LogP contribution in [0.15, 0.2) is 12.1 Å². The zero-order valence-corrected chi connectivity index (χ0v) is 8.67. The van der Waals surface area contributed by atoms with Crippen LogP contribution in [0.4, 0.5) is 5.82 Å². The molecule has 14 heavy (non-hydrogen) atoms. The molecule has 1 aromatic rings. The van der Waals surface area contributed by atoms with Crippen LogP contribution in [0, 0.1) is 0 Å². The van der Waals surface area contributed by atoms with Gasteiger partial charge in [0.15, 0.2) is 5.69 Å². The van der Waals surface area contributed by atoms with Gasteiger partial charge >= 0.3 is 0 Å². The van der Waals surface area contributed by atoms with Gasteiger partial charge in [0.1, 0.15) is 5.82 Å². The van der Waals surface area contributed by atoms with Crippen molar-refractivity contribution in [3.05, 3.63) is 17.8 Å². The van der Waals surface area contributed by atoms with Crippen LogP contribution in [0.1, 0.15) is 10.5 Å². The molecule has 0 aliphatic carbocycles. The van der Waals surface area contributed by atoms with Gasteiger partial charge in [0.05, 0.1) is 0 Å². The van der Waals surface area contributed by atoms with E-state index in [4.69, 9.17) is 5.73 Å². The van der Waals surface area contributed by atoms with Crippen LogP contribution in [0.3, 0.4) is 0 Å². The number of nitrogen functional groups attached to an aromatic ring is 1. The van der Waals surface area contributed by atoms with E-state index >= 15 is 0 Å². The Balaban J connectivity index is 2.48. The van der Waals surface area contributed by atoms with Crippen molar-refractivity contribution in [1.29, 1.82) is 0 Å². The average Bonchev–Trinajstić information content (AvgIpc) is 2.19. The van der Waals surface area contributed by atoms with Crippen LogP contribution in [0.25, 0.3) is 0 Å². The number of anilines is 1. The van der Waals surface area contributed by atoms with Gasteiger partial charge in [-0.05, 0) is 18.4 Å². The molecule has 1 heterocycles. The number of hydrogen-bond donors (Lipinski definition) is 2. The van der Waals surface area contributed by atoms with E-state index in [1.54, 1.807) is 23.9 Å². The van der Waals surface area contributed by atoms with Crippen LogP contribution in [-0.2, 0) is 0 Å². The summed E-state index contributed by atoms with van der Waals surface area (Å²) in [5.74, 6) is 0.978. The van der Waals surface area contributed by atoms with E-state index in [9.17, 15) is 4.79 Å². The third-order valence-electron chi connectivity index (χ3n) is 1.51. The third kappa shape index (κ3) is 3.21. The standard InChI is InChI=1S/C8H12N4OS/c1-14-5-4-10-8(13)6-2-3-7(9)12-11-6/h2-3H,4-5H2,1H3,(H2,9,12)(H,10,13). The van der Waals surface area contributed by atoms with Gasteiger partial charge in [0, 0.05) is 12.3 Å². The molecular formula is C8H12N4OS. The molecule has 0 spiro atoms. The lowest BCUT2D eigenvalue weighted by Gasteiger charge is -2.02. The molecule has 1 aromatic heterocycles. The van der Waals surface area contributed by atoms with Gasteiger partial charge < -0.3 is 11.1 Å². The molecule has 6 heteroatoms. The van der Waals surface area contributed by atoms with E-state index < -0.39 is 0 Å². The van der Waals surface area contributed by atoms with E-state index in [0.717, 1.165) is 5.75 Å². The minimum atomic E-state index is -0.216. The summed E-state index contributed by atoms with van der Waals surface area (Å²) in [6.07, 6.45) is 1.98. The molecule has 0 saturated heterocycles. The highest BCUT2D eigenvalue weighted by Crippen LogP contribution is 1.97. The summed E-state index contributed by atoms with van der Waals surface area (Å²) in [6, 6.07) is 3.10. The van der Waals surface area contributed by atoms with Crippen molar-refractivity contribution < 1.29 is 4.79 Å². The van der Waals surface area contributed by atoms with Crippen molar-refractivity contribution >= 4 is 23.5 Å². The van der Waals surface area contributed by atoms with Gasteiger partial charge in [0.2, 0.25) is 0 Å². The molecule has 76 valence electrons. The van der Waals surface area contributed by atoms with Gasteiger partial charge in [-0.3, -0.25) is 4.79 Å². The molecule has 1 rings (SSSR count). The summed E-state index contributed by atoms with van der Waals surface area (Å²) in [5.41, 5.74) is 5.63. The first-order valence-electron chi connectivity index (χ1n) is 4.10. The average molecular weight is 212 g/mol. The Morgan fingerprint density at radius 3 is 2.93 bits per heavy atom. The van der Waals surface area contributed by atoms with Gasteiger partial charge in [-0.25, -0.2) is 0 Å². The van der Waals surface area contributed by atoms with Crippen molar-refractivity contribution in [1.82, 2.24) is 15.5 Å². The number of carbonyl (C=O) groups is 1. The summed E-state index contributed by atoms with van der Waals surface area (Å²) in [6.45, 7) is 0.631. The normalized spacial score (nSPS) is 9.79. The second kappa shape index (κ2) is 5.43. The fourth-order valence-corrected chi connectivity index (χ4v) is 1.13. The number of rotatable bonds is 4. The Labute approximate surface area is 86.5 Å². The molecule has 1 amide bonds. The summed E-state index contributed by atoms with van der Waals surface area (Å²) >= 11 is 1.67. The minimum absolute atomic E-state index is 0.216. The molecule has 0 unspecified atom stereocenters. The van der Waals surface area contributed by atoms with Crippen molar-refractivity contribution in [2.24, 2.45) is 0 Å². The number of nitrogens with zero attached hydrogens (tertiary/aromatic N) is 2. The van der Waals surface area contributed by atoms with E-state index in [1.165, 1.54) is 0 Å². The first-order chi connectivity index (χ1) is 6.74. The van der Waals surface area contributed by atoms with Crippen LogP contribution in [0.2, 0.25) is 0 Å². The van der Waals surface area contributed by atoms with E-state index in [0.29, 0.717) is 18.1 Å². The molecule has 5 nitrogen and oxygen atoms in total. The summed E-state index contributed by atoms with van der Waals surface area (Å²) in [4.78, 5) is 11.4. The number of aromatic nitrogens is 2. The van der Waals surface area contributed by atoms with Gasteiger partial charge in [-0.2, -0.15) is 11.8 Å². The smallest absolute Gasteiger partial charge is 0.271 e. The van der Waals surface area contributed by atoms with Crippen molar-refractivity contribution in [2.45, 2.75) is 0 Å². The maximum Gasteiger partial charge on any atom is 0.271 e. The second-order valence-corrected chi connectivity index (χ2v) is 3.58. The number of nitrogens with two attached hydrogens (primary N) is 1. The molecular weight excluding hydrogens is 200 g/mol. The fourth-order valence-electron chi connectivity index (χ4n) is 0.821. The zero-order valence-electron chi connectivity index (χ0n) is 7.86. The summed E-state index contributed by atoms with van der Waals surface area (Å²) in [7, 11) is 0. The lowest BCUT2D eigenvalue weighted by molar-refractivity contribution is 0.0950. The monoisotopic (exact) mass is 212 g/mol. The Morgan fingerprint density at radius 2 is 2.36 bits per heavy atom. The van der Waals surface area contributed by atoms with Crippen molar-refractivity contribution in [2.75, 3.05) is 24.3 Å². The second-order valence-electron chi connectivity index (χ2n) is 2.59. The Hall–Kier alpha value is -1.30. The van der Waals surface area contributed by atoms with Crippen LogP contribution in [-0.4, -0.2) is 34.7 Å². The van der Waals surface area contributed by atoms with Crippen LogP contribution in [0.5, 0.6) is 0 Å². The SMILES string of the molecule is CSCCNC(=O)c1ccc(N)nn1. The van der Waals surface area contributed by atoms with E-state index in [-0.39, 0.29) is 5.91 Å². The molecule has 0 saturated carbocycles. The lowest BCUT2D eigenvalue weighted by Crippen LogP contribution is -2.26. The van der Waals surface area contributed by atoms with E-state index in [1.807, 2.05) is 6.26 Å². The highest BCUT2D eigenvalue weighted by atomic mass is 32.2. The fraction of sp³-hybridized carbons (Fsp3) is 0.375. The lowest BCUT2D eigenvalue weighted by atomic mass is 10.3. The molecule has 0 atom stereocenters. The van der Waals surface area contributed by atoms with Gasteiger partial charge in [-0.1, -0.05) is 0 Å². The van der Waals surface area contributed by atoms with Gasteiger partial charge in [0.25, 0.3) is 5.91 Å². The number of nitrogens with one attached hydrogen (secondary N) is 1. The van der Waals surface area contributed by atoms with Crippen molar-refractivity contribution in [3.8, 4) is 0 Å². The predicted octanol–water partition coefficient (Wildman–Crippen LogP) is 0.152. The quantitative estimate of drug-likeness (QED) is 0.694. The maximum absolute atomic E-state index is 11.4. The topological polar surface area (TPSA) is 80.9 Å². The predicted molar refractivity (Wildman–Crippen MR) is 57.2 cm³/mol. The number of thioether (sulfide) groups is 1. The molecule has 0 aromatic carbocycles. The molecule has 0 aliphatic heterocycles. The number of carbonyl (C=O) groups excluding carboxylic acids is 1.